The lowest BCUT2D eigenvalue weighted by atomic mass is 10.1. The molecule has 6 heteroatoms. The van der Waals surface area contributed by atoms with E-state index in [4.69, 9.17) is 17.3 Å². The lowest BCUT2D eigenvalue weighted by molar-refractivity contribution is 0.0697. The van der Waals surface area contributed by atoms with E-state index in [1.54, 1.807) is 25.2 Å². The molecule has 1 rings (SSSR count). The van der Waals surface area contributed by atoms with Crippen molar-refractivity contribution in [2.45, 2.75) is 0 Å². The standard InChI is InChI=1S/C10H11N3O2S/c1-11-10(16)13-12-6-7-4-2-3-5-8(7)9(14)15/h2-6H,1H3,(H,14,15)(H2,11,13,16)/b12-6+. The minimum atomic E-state index is -0.988. The van der Waals surface area contributed by atoms with Gasteiger partial charge in [0, 0.05) is 12.6 Å². The van der Waals surface area contributed by atoms with E-state index in [2.05, 4.69) is 15.8 Å². The molecule has 0 unspecified atom stereocenters. The van der Waals surface area contributed by atoms with E-state index in [0.717, 1.165) is 0 Å². The van der Waals surface area contributed by atoms with Crippen molar-refractivity contribution in [3.05, 3.63) is 35.4 Å². The van der Waals surface area contributed by atoms with Gasteiger partial charge in [0.1, 0.15) is 0 Å². The summed E-state index contributed by atoms with van der Waals surface area (Å²) in [6, 6.07) is 6.58. The monoisotopic (exact) mass is 237 g/mol. The van der Waals surface area contributed by atoms with Crippen molar-refractivity contribution < 1.29 is 9.90 Å². The predicted octanol–water partition coefficient (Wildman–Crippen LogP) is 0.813. The Morgan fingerprint density at radius 2 is 2.19 bits per heavy atom. The molecular weight excluding hydrogens is 226 g/mol. The van der Waals surface area contributed by atoms with Crippen molar-refractivity contribution in [1.29, 1.82) is 0 Å². The molecule has 0 amide bonds. The van der Waals surface area contributed by atoms with Gasteiger partial charge in [0.05, 0.1) is 11.8 Å². The number of carboxylic acids is 1. The summed E-state index contributed by atoms with van der Waals surface area (Å²) >= 11 is 4.80. The average Bonchev–Trinajstić information content (AvgIpc) is 2.29. The lowest BCUT2D eigenvalue weighted by Gasteiger charge is -2.01. The number of carbonyl (C=O) groups is 1. The zero-order valence-electron chi connectivity index (χ0n) is 8.60. The molecule has 0 saturated carbocycles. The van der Waals surface area contributed by atoms with Gasteiger partial charge in [-0.1, -0.05) is 18.2 Å². The van der Waals surface area contributed by atoms with Crippen molar-refractivity contribution >= 4 is 29.5 Å². The van der Waals surface area contributed by atoms with E-state index in [9.17, 15) is 4.79 Å². The Hall–Kier alpha value is -1.95. The third kappa shape index (κ3) is 3.32. The van der Waals surface area contributed by atoms with Gasteiger partial charge in [-0.25, -0.2) is 4.79 Å². The molecule has 0 aliphatic rings. The normalized spacial score (nSPS) is 10.1. The summed E-state index contributed by atoms with van der Waals surface area (Å²) < 4.78 is 0. The first kappa shape index (κ1) is 12.1. The van der Waals surface area contributed by atoms with Crippen LogP contribution < -0.4 is 10.7 Å². The van der Waals surface area contributed by atoms with Crippen LogP contribution in [0.2, 0.25) is 0 Å². The smallest absolute Gasteiger partial charge is 0.336 e. The number of hydrazone groups is 1. The second kappa shape index (κ2) is 5.82. The molecule has 0 bridgehead atoms. The number of carboxylic acid groups (broad SMARTS) is 1. The molecule has 0 saturated heterocycles. The number of nitrogens with zero attached hydrogens (tertiary/aromatic N) is 1. The minimum Gasteiger partial charge on any atom is -0.478 e. The number of nitrogens with one attached hydrogen (secondary N) is 2. The van der Waals surface area contributed by atoms with Crippen LogP contribution >= 0.6 is 12.2 Å². The molecule has 0 radical (unpaired) electrons. The fourth-order valence-corrected chi connectivity index (χ4v) is 1.07. The van der Waals surface area contributed by atoms with E-state index < -0.39 is 5.97 Å². The highest BCUT2D eigenvalue weighted by Crippen LogP contribution is 2.05. The summed E-state index contributed by atoms with van der Waals surface area (Å²) in [5.41, 5.74) is 3.26. The van der Waals surface area contributed by atoms with Gasteiger partial charge in [-0.3, -0.25) is 5.43 Å². The topological polar surface area (TPSA) is 73.7 Å². The van der Waals surface area contributed by atoms with Crippen LogP contribution in [0.4, 0.5) is 0 Å². The molecule has 1 aromatic carbocycles. The van der Waals surface area contributed by atoms with E-state index in [0.29, 0.717) is 10.7 Å². The number of hydrogen-bond donors (Lipinski definition) is 3. The first-order valence-corrected chi connectivity index (χ1v) is 4.89. The Bertz CT molecular complexity index is 432. The molecular formula is C10H11N3O2S. The molecule has 0 aliphatic carbocycles. The Morgan fingerprint density at radius 3 is 2.81 bits per heavy atom. The highest BCUT2D eigenvalue weighted by molar-refractivity contribution is 7.80. The maximum absolute atomic E-state index is 10.9. The lowest BCUT2D eigenvalue weighted by Crippen LogP contribution is -2.28. The average molecular weight is 237 g/mol. The molecule has 1 aromatic rings. The number of rotatable bonds is 3. The Morgan fingerprint density at radius 1 is 1.50 bits per heavy atom. The highest BCUT2D eigenvalue weighted by Gasteiger charge is 2.06. The summed E-state index contributed by atoms with van der Waals surface area (Å²) in [6.07, 6.45) is 1.41. The van der Waals surface area contributed by atoms with Crippen LogP contribution in [0.25, 0.3) is 0 Å². The van der Waals surface area contributed by atoms with Crippen molar-refractivity contribution in [3.8, 4) is 0 Å². The first-order valence-electron chi connectivity index (χ1n) is 4.48. The zero-order valence-corrected chi connectivity index (χ0v) is 9.41. The van der Waals surface area contributed by atoms with E-state index >= 15 is 0 Å². The maximum Gasteiger partial charge on any atom is 0.336 e. The molecule has 5 nitrogen and oxygen atoms in total. The molecule has 0 heterocycles. The second-order valence-electron chi connectivity index (χ2n) is 2.84. The van der Waals surface area contributed by atoms with Gasteiger partial charge in [0.15, 0.2) is 5.11 Å². The zero-order chi connectivity index (χ0) is 12.0. The summed E-state index contributed by atoms with van der Waals surface area (Å²) in [5, 5.41) is 15.8. The maximum atomic E-state index is 10.9. The van der Waals surface area contributed by atoms with Crippen LogP contribution in [-0.4, -0.2) is 29.5 Å². The van der Waals surface area contributed by atoms with E-state index in [1.807, 2.05) is 0 Å². The first-order chi connectivity index (χ1) is 7.65. The molecule has 0 atom stereocenters. The molecule has 84 valence electrons. The third-order valence-electron chi connectivity index (χ3n) is 1.79. The van der Waals surface area contributed by atoms with E-state index in [1.165, 1.54) is 12.3 Å². The van der Waals surface area contributed by atoms with Crippen molar-refractivity contribution in [2.24, 2.45) is 5.10 Å². The highest BCUT2D eigenvalue weighted by atomic mass is 32.1. The van der Waals surface area contributed by atoms with Crippen molar-refractivity contribution in [3.63, 3.8) is 0 Å². The van der Waals surface area contributed by atoms with Crippen molar-refractivity contribution in [2.75, 3.05) is 7.05 Å². The fraction of sp³-hybridized carbons (Fsp3) is 0.100. The summed E-state index contributed by atoms with van der Waals surface area (Å²) in [5.74, 6) is -0.988. The summed E-state index contributed by atoms with van der Waals surface area (Å²) in [6.45, 7) is 0. The number of aromatic carboxylic acids is 1. The summed E-state index contributed by atoms with van der Waals surface area (Å²) in [7, 11) is 1.66. The molecule has 16 heavy (non-hydrogen) atoms. The quantitative estimate of drug-likeness (QED) is 0.412. The Labute approximate surface area is 98.2 Å². The van der Waals surface area contributed by atoms with Gasteiger partial charge in [0.2, 0.25) is 0 Å². The Kier molecular flexibility index (Phi) is 4.41. The molecule has 0 fully saturated rings. The minimum absolute atomic E-state index is 0.198. The van der Waals surface area contributed by atoms with Gasteiger partial charge in [-0.2, -0.15) is 5.10 Å². The van der Waals surface area contributed by atoms with E-state index in [-0.39, 0.29) is 5.56 Å². The predicted molar refractivity (Wildman–Crippen MR) is 65.8 cm³/mol. The van der Waals surface area contributed by atoms with Gasteiger partial charge in [-0.15, -0.1) is 0 Å². The van der Waals surface area contributed by atoms with Crippen LogP contribution in [0.15, 0.2) is 29.4 Å². The van der Waals surface area contributed by atoms with Crippen LogP contribution in [0.5, 0.6) is 0 Å². The van der Waals surface area contributed by atoms with Gasteiger partial charge >= 0.3 is 5.97 Å². The van der Waals surface area contributed by atoms with Gasteiger partial charge in [0.25, 0.3) is 0 Å². The molecule has 3 N–H and O–H groups in total. The van der Waals surface area contributed by atoms with Gasteiger partial charge in [-0.05, 0) is 18.3 Å². The molecule has 0 spiro atoms. The van der Waals surface area contributed by atoms with Crippen LogP contribution in [0.3, 0.4) is 0 Å². The second-order valence-corrected chi connectivity index (χ2v) is 3.25. The molecule has 0 aliphatic heterocycles. The van der Waals surface area contributed by atoms with Gasteiger partial charge < -0.3 is 10.4 Å². The number of hydrogen-bond acceptors (Lipinski definition) is 3. The number of thiocarbonyl (C=S) groups is 1. The van der Waals surface area contributed by atoms with Crippen molar-refractivity contribution in [1.82, 2.24) is 10.7 Å². The fourth-order valence-electron chi connectivity index (χ4n) is 1.02. The summed E-state index contributed by atoms with van der Waals surface area (Å²) in [4.78, 5) is 10.9. The third-order valence-corrected chi connectivity index (χ3v) is 2.08. The Balaban J connectivity index is 2.80. The number of benzene rings is 1. The van der Waals surface area contributed by atoms with Crippen LogP contribution in [0, 0.1) is 0 Å². The SMILES string of the molecule is CNC(=S)N/N=C/c1ccccc1C(=O)O. The largest absolute Gasteiger partial charge is 0.478 e. The van der Waals surface area contributed by atoms with Crippen LogP contribution in [-0.2, 0) is 0 Å². The molecule has 0 aromatic heterocycles. The van der Waals surface area contributed by atoms with Crippen LogP contribution in [0.1, 0.15) is 15.9 Å².